The third-order valence-corrected chi connectivity index (χ3v) is 3.65. The molecule has 4 nitrogen and oxygen atoms in total. The van der Waals surface area contributed by atoms with Crippen LogP contribution in [0.4, 0.5) is 0 Å². The van der Waals surface area contributed by atoms with Crippen LogP contribution in [0.1, 0.15) is 31.9 Å². The number of hydrogen-bond donors (Lipinski definition) is 1. The fraction of sp³-hybridized carbons (Fsp3) is 0.750. The minimum absolute atomic E-state index is 0.625. The van der Waals surface area contributed by atoms with Crippen molar-refractivity contribution < 1.29 is 4.52 Å². The van der Waals surface area contributed by atoms with Crippen LogP contribution >= 0.6 is 0 Å². The molecule has 1 aromatic rings. The highest BCUT2D eigenvalue weighted by Crippen LogP contribution is 2.29. The van der Waals surface area contributed by atoms with Gasteiger partial charge in [0.2, 0.25) is 0 Å². The molecule has 90 valence electrons. The van der Waals surface area contributed by atoms with Crippen LogP contribution in [0, 0.1) is 5.92 Å². The molecule has 2 unspecified atom stereocenters. The Kier molecular flexibility index (Phi) is 3.96. The van der Waals surface area contributed by atoms with Crippen molar-refractivity contribution in [3.8, 4) is 0 Å². The summed E-state index contributed by atoms with van der Waals surface area (Å²) in [7, 11) is 0. The summed E-state index contributed by atoms with van der Waals surface area (Å²) >= 11 is 0. The Morgan fingerprint density at radius 3 is 3.06 bits per heavy atom. The summed E-state index contributed by atoms with van der Waals surface area (Å²) in [4.78, 5) is 2.46. The lowest BCUT2D eigenvalue weighted by molar-refractivity contribution is 0.146. The van der Waals surface area contributed by atoms with Crippen molar-refractivity contribution in [1.82, 2.24) is 10.1 Å². The van der Waals surface area contributed by atoms with Gasteiger partial charge < -0.3 is 10.3 Å². The van der Waals surface area contributed by atoms with Crippen LogP contribution in [0.2, 0.25) is 0 Å². The molecule has 0 aliphatic heterocycles. The molecule has 0 bridgehead atoms. The Balaban J connectivity index is 1.98. The van der Waals surface area contributed by atoms with Gasteiger partial charge in [-0.1, -0.05) is 18.5 Å². The fourth-order valence-corrected chi connectivity index (χ4v) is 2.76. The molecule has 4 heteroatoms. The first-order valence-corrected chi connectivity index (χ1v) is 6.18. The predicted octanol–water partition coefficient (Wildman–Crippen LogP) is 1.62. The second-order valence-corrected chi connectivity index (χ2v) is 4.54. The molecule has 0 spiro atoms. The molecule has 1 heterocycles. The van der Waals surface area contributed by atoms with E-state index < -0.39 is 0 Å². The van der Waals surface area contributed by atoms with E-state index >= 15 is 0 Å². The first-order valence-electron chi connectivity index (χ1n) is 6.18. The van der Waals surface area contributed by atoms with Crippen molar-refractivity contribution in [2.75, 3.05) is 13.1 Å². The summed E-state index contributed by atoms with van der Waals surface area (Å²) in [6.07, 6.45) is 5.55. The first-order chi connectivity index (χ1) is 7.85. The molecule has 2 rings (SSSR count). The molecular weight excluding hydrogens is 202 g/mol. The van der Waals surface area contributed by atoms with E-state index in [-0.39, 0.29) is 0 Å². The molecule has 1 aliphatic carbocycles. The van der Waals surface area contributed by atoms with Gasteiger partial charge in [-0.25, -0.2) is 0 Å². The van der Waals surface area contributed by atoms with Crippen LogP contribution in [-0.4, -0.2) is 29.2 Å². The van der Waals surface area contributed by atoms with E-state index in [0.717, 1.165) is 25.4 Å². The average molecular weight is 223 g/mol. The summed E-state index contributed by atoms with van der Waals surface area (Å²) in [5.41, 5.74) is 5.83. The fourth-order valence-electron chi connectivity index (χ4n) is 2.76. The van der Waals surface area contributed by atoms with E-state index in [1.807, 2.05) is 6.07 Å². The molecule has 2 N–H and O–H groups in total. The van der Waals surface area contributed by atoms with E-state index in [1.54, 1.807) is 6.20 Å². The number of nitrogens with two attached hydrogens (primary N) is 1. The van der Waals surface area contributed by atoms with Gasteiger partial charge in [0, 0.05) is 12.1 Å². The summed E-state index contributed by atoms with van der Waals surface area (Å²) in [5.74, 6) is 1.60. The topological polar surface area (TPSA) is 55.3 Å². The molecule has 2 atom stereocenters. The lowest BCUT2D eigenvalue weighted by atomic mass is 10.0. The number of rotatable bonds is 5. The van der Waals surface area contributed by atoms with Gasteiger partial charge in [0.15, 0.2) is 5.76 Å². The smallest absolute Gasteiger partial charge is 0.150 e. The van der Waals surface area contributed by atoms with Crippen LogP contribution in [-0.2, 0) is 6.54 Å². The summed E-state index contributed by atoms with van der Waals surface area (Å²) in [6, 6.07) is 2.56. The third-order valence-electron chi connectivity index (χ3n) is 3.65. The Morgan fingerprint density at radius 2 is 2.44 bits per heavy atom. The molecular formula is C12H21N3O. The second kappa shape index (κ2) is 5.46. The SMILES string of the molecule is CCN(Cc1ccno1)C1CCCC1CN. The van der Waals surface area contributed by atoms with Crippen molar-refractivity contribution in [2.24, 2.45) is 11.7 Å². The van der Waals surface area contributed by atoms with E-state index in [9.17, 15) is 0 Å². The zero-order valence-electron chi connectivity index (χ0n) is 9.93. The average Bonchev–Trinajstić information content (AvgIpc) is 2.96. The largest absolute Gasteiger partial charge is 0.360 e. The zero-order valence-corrected chi connectivity index (χ0v) is 9.93. The molecule has 1 aromatic heterocycles. The van der Waals surface area contributed by atoms with Gasteiger partial charge in [0.25, 0.3) is 0 Å². The Labute approximate surface area is 96.8 Å². The number of nitrogens with zero attached hydrogens (tertiary/aromatic N) is 2. The second-order valence-electron chi connectivity index (χ2n) is 4.54. The van der Waals surface area contributed by atoms with E-state index in [2.05, 4.69) is 17.0 Å². The monoisotopic (exact) mass is 223 g/mol. The number of hydrogen-bond acceptors (Lipinski definition) is 4. The predicted molar refractivity (Wildman–Crippen MR) is 62.8 cm³/mol. The quantitative estimate of drug-likeness (QED) is 0.824. The van der Waals surface area contributed by atoms with Gasteiger partial charge >= 0.3 is 0 Å². The molecule has 0 amide bonds. The highest BCUT2D eigenvalue weighted by molar-refractivity contribution is 4.95. The van der Waals surface area contributed by atoms with E-state index in [4.69, 9.17) is 10.3 Å². The molecule has 1 aliphatic rings. The van der Waals surface area contributed by atoms with E-state index in [1.165, 1.54) is 19.3 Å². The van der Waals surface area contributed by atoms with Crippen LogP contribution < -0.4 is 5.73 Å². The summed E-state index contributed by atoms with van der Waals surface area (Å²) in [5, 5.41) is 3.75. The van der Waals surface area contributed by atoms with Gasteiger partial charge in [-0.05, 0) is 31.8 Å². The lowest BCUT2D eigenvalue weighted by Gasteiger charge is -2.30. The Hall–Kier alpha value is -0.870. The minimum Gasteiger partial charge on any atom is -0.360 e. The van der Waals surface area contributed by atoms with Gasteiger partial charge in [0.1, 0.15) is 0 Å². The summed E-state index contributed by atoms with van der Waals surface area (Å²) < 4.78 is 5.17. The van der Waals surface area contributed by atoms with Crippen LogP contribution in [0.3, 0.4) is 0 Å². The van der Waals surface area contributed by atoms with Crippen molar-refractivity contribution >= 4 is 0 Å². The highest BCUT2D eigenvalue weighted by Gasteiger charge is 2.30. The summed E-state index contributed by atoms with van der Waals surface area (Å²) in [6.45, 7) is 4.90. The molecule has 1 fully saturated rings. The van der Waals surface area contributed by atoms with Crippen LogP contribution in [0.15, 0.2) is 16.8 Å². The normalized spacial score (nSPS) is 25.4. The highest BCUT2D eigenvalue weighted by atomic mass is 16.5. The minimum atomic E-state index is 0.625. The molecule has 0 saturated heterocycles. The molecule has 1 saturated carbocycles. The standard InChI is InChI=1S/C12H21N3O/c1-2-15(9-11-6-7-14-16-11)12-5-3-4-10(12)8-13/h6-7,10,12H,2-5,8-9,13H2,1H3. The maximum absolute atomic E-state index is 5.83. The number of aromatic nitrogens is 1. The molecule has 0 radical (unpaired) electrons. The molecule has 0 aromatic carbocycles. The van der Waals surface area contributed by atoms with Crippen molar-refractivity contribution in [1.29, 1.82) is 0 Å². The van der Waals surface area contributed by atoms with Gasteiger partial charge in [-0.3, -0.25) is 4.90 Å². The maximum Gasteiger partial charge on any atom is 0.150 e. The van der Waals surface area contributed by atoms with Crippen molar-refractivity contribution in [3.63, 3.8) is 0 Å². The van der Waals surface area contributed by atoms with Gasteiger partial charge in [-0.15, -0.1) is 0 Å². The van der Waals surface area contributed by atoms with Crippen LogP contribution in [0.5, 0.6) is 0 Å². The van der Waals surface area contributed by atoms with Crippen LogP contribution in [0.25, 0.3) is 0 Å². The molecule has 16 heavy (non-hydrogen) atoms. The lowest BCUT2D eigenvalue weighted by Crippen LogP contribution is -2.39. The van der Waals surface area contributed by atoms with Crippen molar-refractivity contribution in [2.45, 2.75) is 38.8 Å². The van der Waals surface area contributed by atoms with Gasteiger partial charge in [-0.2, -0.15) is 0 Å². The first kappa shape index (κ1) is 11.6. The Morgan fingerprint density at radius 1 is 1.56 bits per heavy atom. The van der Waals surface area contributed by atoms with E-state index in [0.29, 0.717) is 12.0 Å². The van der Waals surface area contributed by atoms with Gasteiger partial charge in [0.05, 0.1) is 12.7 Å². The third kappa shape index (κ3) is 2.44. The van der Waals surface area contributed by atoms with Crippen molar-refractivity contribution in [3.05, 3.63) is 18.0 Å². The zero-order chi connectivity index (χ0) is 11.4. The Bertz CT molecular complexity index is 299. The maximum atomic E-state index is 5.83.